The first-order chi connectivity index (χ1) is 14.1. The number of nitrogens with zero attached hydrogens (tertiary/aromatic N) is 2. The summed E-state index contributed by atoms with van der Waals surface area (Å²) in [6.45, 7) is 7.61. The van der Waals surface area contributed by atoms with E-state index >= 15 is 0 Å². The molecule has 0 bridgehead atoms. The standard InChI is InChI=1S/C24H28N2O4/c1-13(2)26(5)21(29)11-17-10-20(28)23(24(17)30)22-14(3)8-16(9-15(22)4)19-7-6-18(27)12-25-19/h6-9,12-13,17,23,27H,10-11H2,1-5H3. The summed E-state index contributed by atoms with van der Waals surface area (Å²) in [6, 6.07) is 7.16. The maximum absolute atomic E-state index is 13.1. The molecule has 0 aliphatic heterocycles. The average molecular weight is 408 g/mol. The summed E-state index contributed by atoms with van der Waals surface area (Å²) in [7, 11) is 1.72. The number of aromatic nitrogens is 1. The number of rotatable bonds is 5. The summed E-state index contributed by atoms with van der Waals surface area (Å²) >= 11 is 0. The third-order valence-electron chi connectivity index (χ3n) is 5.97. The van der Waals surface area contributed by atoms with Crippen LogP contribution in [0.1, 0.15) is 49.3 Å². The Labute approximate surface area is 176 Å². The molecular formula is C24H28N2O4. The van der Waals surface area contributed by atoms with Gasteiger partial charge < -0.3 is 10.0 Å². The summed E-state index contributed by atoms with van der Waals surface area (Å²) in [6.07, 6.45) is 1.57. The summed E-state index contributed by atoms with van der Waals surface area (Å²) in [5.41, 5.74) is 3.99. The first-order valence-corrected chi connectivity index (χ1v) is 10.2. The van der Waals surface area contributed by atoms with E-state index in [1.807, 2.05) is 39.8 Å². The molecule has 2 unspecified atom stereocenters. The predicted octanol–water partition coefficient (Wildman–Crippen LogP) is 3.57. The molecular weight excluding hydrogens is 380 g/mol. The Hall–Kier alpha value is -3.02. The van der Waals surface area contributed by atoms with E-state index in [9.17, 15) is 19.5 Å². The lowest BCUT2D eigenvalue weighted by atomic mass is 9.85. The minimum absolute atomic E-state index is 0.0473. The zero-order chi connectivity index (χ0) is 22.2. The van der Waals surface area contributed by atoms with Gasteiger partial charge in [0.15, 0.2) is 5.78 Å². The van der Waals surface area contributed by atoms with E-state index < -0.39 is 11.8 Å². The molecule has 30 heavy (non-hydrogen) atoms. The Morgan fingerprint density at radius 3 is 2.37 bits per heavy atom. The van der Waals surface area contributed by atoms with Crippen molar-refractivity contribution in [3.63, 3.8) is 0 Å². The number of hydrogen-bond acceptors (Lipinski definition) is 5. The van der Waals surface area contributed by atoms with E-state index in [0.29, 0.717) is 5.69 Å². The number of aryl methyl sites for hydroxylation is 2. The average Bonchev–Trinajstić information content (AvgIpc) is 2.95. The molecule has 3 rings (SSSR count). The first kappa shape index (κ1) is 21.7. The molecule has 1 aromatic carbocycles. The monoisotopic (exact) mass is 408 g/mol. The zero-order valence-corrected chi connectivity index (χ0v) is 18.1. The topological polar surface area (TPSA) is 87.6 Å². The Morgan fingerprint density at radius 2 is 1.83 bits per heavy atom. The lowest BCUT2D eigenvalue weighted by Crippen LogP contribution is -2.34. The number of carbonyl (C=O) groups excluding carboxylic acids is 3. The second-order valence-corrected chi connectivity index (χ2v) is 8.43. The molecule has 0 radical (unpaired) electrons. The Balaban J connectivity index is 1.88. The largest absolute Gasteiger partial charge is 0.506 e. The molecule has 0 spiro atoms. The summed E-state index contributed by atoms with van der Waals surface area (Å²) < 4.78 is 0. The Morgan fingerprint density at radius 1 is 1.20 bits per heavy atom. The molecule has 158 valence electrons. The van der Waals surface area contributed by atoms with Gasteiger partial charge in [-0.05, 0) is 68.7 Å². The molecule has 2 atom stereocenters. The molecule has 1 aliphatic carbocycles. The smallest absolute Gasteiger partial charge is 0.223 e. The van der Waals surface area contributed by atoms with E-state index in [1.54, 1.807) is 24.1 Å². The Bertz CT molecular complexity index is 972. The second-order valence-electron chi connectivity index (χ2n) is 8.43. The zero-order valence-electron chi connectivity index (χ0n) is 18.1. The maximum atomic E-state index is 13.1. The van der Waals surface area contributed by atoms with Crippen molar-refractivity contribution < 1.29 is 19.5 Å². The van der Waals surface area contributed by atoms with Crippen LogP contribution in [-0.2, 0) is 14.4 Å². The van der Waals surface area contributed by atoms with Crippen molar-refractivity contribution >= 4 is 17.5 Å². The van der Waals surface area contributed by atoms with Gasteiger partial charge in [-0.2, -0.15) is 0 Å². The van der Waals surface area contributed by atoms with Crippen LogP contribution < -0.4 is 0 Å². The van der Waals surface area contributed by atoms with Gasteiger partial charge in [0.2, 0.25) is 5.91 Å². The quantitative estimate of drug-likeness (QED) is 0.764. The fraction of sp³-hybridized carbons (Fsp3) is 0.417. The number of carbonyl (C=O) groups is 3. The number of Topliss-reactive ketones (excluding diaryl/α,β-unsaturated/α-hetero) is 2. The van der Waals surface area contributed by atoms with Crippen molar-refractivity contribution in [2.75, 3.05) is 7.05 Å². The van der Waals surface area contributed by atoms with Crippen molar-refractivity contribution in [2.24, 2.45) is 5.92 Å². The minimum atomic E-state index is -0.811. The number of amides is 1. The molecule has 6 heteroatoms. The first-order valence-electron chi connectivity index (χ1n) is 10.2. The van der Waals surface area contributed by atoms with E-state index in [1.165, 1.54) is 6.20 Å². The SMILES string of the molecule is Cc1cc(-c2ccc(O)cn2)cc(C)c1C1C(=O)CC(CC(=O)N(C)C(C)C)C1=O. The van der Waals surface area contributed by atoms with Crippen molar-refractivity contribution in [3.8, 4) is 17.0 Å². The number of aromatic hydroxyl groups is 1. The fourth-order valence-corrected chi connectivity index (χ4v) is 4.11. The fourth-order valence-electron chi connectivity index (χ4n) is 4.11. The molecule has 1 heterocycles. The van der Waals surface area contributed by atoms with E-state index in [4.69, 9.17) is 0 Å². The van der Waals surface area contributed by atoms with E-state index in [0.717, 1.165) is 22.3 Å². The molecule has 1 aliphatic rings. The highest BCUT2D eigenvalue weighted by Gasteiger charge is 2.44. The molecule has 1 N–H and O–H groups in total. The molecule has 6 nitrogen and oxygen atoms in total. The van der Waals surface area contributed by atoms with E-state index in [-0.39, 0.29) is 42.1 Å². The number of hydrogen-bond donors (Lipinski definition) is 1. The Kier molecular flexibility index (Phi) is 6.06. The van der Waals surface area contributed by atoms with Crippen molar-refractivity contribution in [3.05, 3.63) is 47.2 Å². The molecule has 1 amide bonds. The third-order valence-corrected chi connectivity index (χ3v) is 5.97. The highest BCUT2D eigenvalue weighted by Crippen LogP contribution is 2.38. The summed E-state index contributed by atoms with van der Waals surface area (Å²) in [5.74, 6) is -1.67. The van der Waals surface area contributed by atoms with Gasteiger partial charge in [0.05, 0.1) is 11.9 Å². The van der Waals surface area contributed by atoms with Crippen LogP contribution in [0.2, 0.25) is 0 Å². The van der Waals surface area contributed by atoms with E-state index in [2.05, 4.69) is 4.98 Å². The van der Waals surface area contributed by atoms with Crippen LogP contribution in [0, 0.1) is 19.8 Å². The molecule has 1 aromatic heterocycles. The lowest BCUT2D eigenvalue weighted by molar-refractivity contribution is -0.135. The van der Waals surface area contributed by atoms with Gasteiger partial charge in [0, 0.05) is 37.4 Å². The van der Waals surface area contributed by atoms with Crippen LogP contribution in [0.25, 0.3) is 11.3 Å². The van der Waals surface area contributed by atoms with Gasteiger partial charge in [0.25, 0.3) is 0 Å². The van der Waals surface area contributed by atoms with Crippen molar-refractivity contribution in [1.82, 2.24) is 9.88 Å². The third kappa shape index (κ3) is 4.13. The highest BCUT2D eigenvalue weighted by atomic mass is 16.3. The number of pyridine rings is 1. The maximum Gasteiger partial charge on any atom is 0.223 e. The molecule has 1 fully saturated rings. The van der Waals surface area contributed by atoms with Gasteiger partial charge >= 0.3 is 0 Å². The normalized spacial score (nSPS) is 18.9. The van der Waals surface area contributed by atoms with Crippen molar-refractivity contribution in [2.45, 2.75) is 52.5 Å². The molecule has 1 saturated carbocycles. The van der Waals surface area contributed by atoms with Gasteiger partial charge in [-0.3, -0.25) is 19.4 Å². The van der Waals surface area contributed by atoms with Crippen LogP contribution in [0.4, 0.5) is 0 Å². The molecule has 2 aromatic rings. The molecule has 0 saturated heterocycles. The van der Waals surface area contributed by atoms with Gasteiger partial charge in [0.1, 0.15) is 17.5 Å². The lowest BCUT2D eigenvalue weighted by Gasteiger charge is -2.22. The minimum Gasteiger partial charge on any atom is -0.506 e. The van der Waals surface area contributed by atoms with Crippen LogP contribution in [0.3, 0.4) is 0 Å². The number of ketones is 2. The van der Waals surface area contributed by atoms with Crippen molar-refractivity contribution in [1.29, 1.82) is 0 Å². The van der Waals surface area contributed by atoms with Gasteiger partial charge in [-0.1, -0.05) is 0 Å². The van der Waals surface area contributed by atoms with Gasteiger partial charge in [-0.15, -0.1) is 0 Å². The van der Waals surface area contributed by atoms with Crippen LogP contribution in [-0.4, -0.2) is 45.6 Å². The second kappa shape index (κ2) is 8.38. The highest BCUT2D eigenvalue weighted by molar-refractivity contribution is 6.15. The van der Waals surface area contributed by atoms with Crippen LogP contribution in [0.15, 0.2) is 30.5 Å². The summed E-state index contributed by atoms with van der Waals surface area (Å²) in [5, 5.41) is 9.45. The van der Waals surface area contributed by atoms with Crippen LogP contribution in [0.5, 0.6) is 5.75 Å². The number of benzene rings is 1. The summed E-state index contributed by atoms with van der Waals surface area (Å²) in [4.78, 5) is 44.2. The van der Waals surface area contributed by atoms with Crippen LogP contribution >= 0.6 is 0 Å². The predicted molar refractivity (Wildman–Crippen MR) is 114 cm³/mol. The van der Waals surface area contributed by atoms with Gasteiger partial charge in [-0.25, -0.2) is 0 Å².